The normalized spacial score (nSPS) is 11.0. The molecular formula is C16H28O5Si. The number of esters is 2. The third-order valence-corrected chi connectivity index (χ3v) is 3.99. The molecule has 5 nitrogen and oxygen atoms in total. The molecule has 0 N–H and O–H groups in total. The Kier molecular flexibility index (Phi) is 11.4. The van der Waals surface area contributed by atoms with Crippen LogP contribution in [0.1, 0.15) is 39.0 Å². The van der Waals surface area contributed by atoms with Crippen molar-refractivity contribution in [2.45, 2.75) is 39.0 Å². The monoisotopic (exact) mass is 328 g/mol. The standard InChI is InChI=1S/C16H28O5Si/c1-4-14(17)19-11-6-8-16(3,10-13-21-22)9-7-12-20-15(18)5-2/h4-5H,1-2,6-13H2,3,22H3. The molecule has 0 rings (SSSR count). The van der Waals surface area contributed by atoms with Gasteiger partial charge in [0.25, 0.3) is 0 Å². The van der Waals surface area contributed by atoms with Crippen LogP contribution in [0.5, 0.6) is 0 Å². The molecule has 0 heterocycles. The second kappa shape index (κ2) is 12.2. The zero-order valence-corrected chi connectivity index (χ0v) is 15.8. The summed E-state index contributed by atoms with van der Waals surface area (Å²) in [5, 5.41) is 0. The Hall–Kier alpha value is -1.40. The summed E-state index contributed by atoms with van der Waals surface area (Å²) in [5.74, 6) is -0.776. The quantitative estimate of drug-likeness (QED) is 0.223. The van der Waals surface area contributed by atoms with Crippen LogP contribution in [0.3, 0.4) is 0 Å². The minimum Gasteiger partial charge on any atom is -0.463 e. The molecule has 0 aliphatic heterocycles. The summed E-state index contributed by atoms with van der Waals surface area (Å²) in [4.78, 5) is 22.0. The Bertz CT molecular complexity index is 340. The highest BCUT2D eigenvalue weighted by atomic mass is 28.2. The van der Waals surface area contributed by atoms with Crippen LogP contribution < -0.4 is 0 Å². The average molecular weight is 328 g/mol. The van der Waals surface area contributed by atoms with Gasteiger partial charge in [0.05, 0.1) is 13.2 Å². The van der Waals surface area contributed by atoms with Crippen molar-refractivity contribution in [2.75, 3.05) is 19.8 Å². The van der Waals surface area contributed by atoms with Gasteiger partial charge in [0.15, 0.2) is 0 Å². The van der Waals surface area contributed by atoms with E-state index in [1.54, 1.807) is 0 Å². The van der Waals surface area contributed by atoms with E-state index in [1.165, 1.54) is 12.2 Å². The lowest BCUT2D eigenvalue weighted by Gasteiger charge is -2.29. The minimum atomic E-state index is -0.388. The summed E-state index contributed by atoms with van der Waals surface area (Å²) in [6.45, 7) is 10.5. The van der Waals surface area contributed by atoms with E-state index in [0.717, 1.165) is 49.2 Å². The zero-order valence-electron chi connectivity index (χ0n) is 13.8. The highest BCUT2D eigenvalue weighted by Crippen LogP contribution is 2.33. The zero-order chi connectivity index (χ0) is 16.8. The second-order valence-electron chi connectivity index (χ2n) is 5.50. The molecule has 22 heavy (non-hydrogen) atoms. The fourth-order valence-corrected chi connectivity index (χ4v) is 2.39. The Morgan fingerprint density at radius 2 is 1.41 bits per heavy atom. The number of rotatable bonds is 13. The average Bonchev–Trinajstić information content (AvgIpc) is 2.53. The van der Waals surface area contributed by atoms with Crippen LogP contribution in [0.15, 0.2) is 25.3 Å². The first-order valence-corrected chi connectivity index (χ1v) is 8.36. The van der Waals surface area contributed by atoms with Crippen molar-refractivity contribution in [2.24, 2.45) is 5.41 Å². The third-order valence-electron chi connectivity index (χ3n) is 3.58. The molecular weight excluding hydrogens is 300 g/mol. The van der Waals surface area contributed by atoms with Gasteiger partial charge in [-0.15, -0.1) is 0 Å². The summed E-state index contributed by atoms with van der Waals surface area (Å²) in [6.07, 6.45) is 6.73. The van der Waals surface area contributed by atoms with Gasteiger partial charge in [0, 0.05) is 18.8 Å². The molecule has 0 saturated carbocycles. The van der Waals surface area contributed by atoms with Gasteiger partial charge in [-0.25, -0.2) is 9.59 Å². The first-order valence-electron chi connectivity index (χ1n) is 7.55. The molecule has 0 aromatic heterocycles. The van der Waals surface area contributed by atoms with Gasteiger partial charge in [0.1, 0.15) is 10.5 Å². The van der Waals surface area contributed by atoms with Gasteiger partial charge >= 0.3 is 11.9 Å². The van der Waals surface area contributed by atoms with E-state index in [-0.39, 0.29) is 17.4 Å². The lowest BCUT2D eigenvalue weighted by Crippen LogP contribution is -2.21. The van der Waals surface area contributed by atoms with Crippen LogP contribution in [-0.4, -0.2) is 42.2 Å². The molecule has 0 aliphatic rings. The molecule has 0 atom stereocenters. The highest BCUT2D eigenvalue weighted by molar-refractivity contribution is 5.97. The van der Waals surface area contributed by atoms with Crippen LogP contribution in [0.2, 0.25) is 0 Å². The van der Waals surface area contributed by atoms with E-state index in [2.05, 4.69) is 20.1 Å². The minimum absolute atomic E-state index is 0.0889. The molecule has 0 saturated heterocycles. The van der Waals surface area contributed by atoms with Crippen LogP contribution in [0, 0.1) is 5.41 Å². The molecule has 126 valence electrons. The summed E-state index contributed by atoms with van der Waals surface area (Å²) >= 11 is 0. The summed E-state index contributed by atoms with van der Waals surface area (Å²) in [6, 6.07) is 0. The Balaban J connectivity index is 4.14. The number of carbonyl (C=O) groups is 2. The van der Waals surface area contributed by atoms with E-state index in [1.807, 2.05) is 0 Å². The van der Waals surface area contributed by atoms with E-state index in [9.17, 15) is 9.59 Å². The fraction of sp³-hybridized carbons (Fsp3) is 0.625. The SMILES string of the molecule is C=CC(=O)OCCCC(C)(CCCOC(=O)C=C)CCO[SiH3]. The highest BCUT2D eigenvalue weighted by Gasteiger charge is 2.23. The lowest BCUT2D eigenvalue weighted by atomic mass is 9.78. The molecule has 0 fully saturated rings. The van der Waals surface area contributed by atoms with Crippen LogP contribution >= 0.6 is 0 Å². The molecule has 6 heteroatoms. The maximum absolute atomic E-state index is 11.0. The maximum Gasteiger partial charge on any atom is 0.330 e. The molecule has 0 radical (unpaired) electrons. The summed E-state index contributed by atoms with van der Waals surface area (Å²) in [7, 11) is 0.728. The van der Waals surface area contributed by atoms with Crippen LogP contribution in [0.4, 0.5) is 0 Å². The van der Waals surface area contributed by atoms with Crippen molar-refractivity contribution >= 4 is 22.4 Å². The van der Waals surface area contributed by atoms with E-state index in [4.69, 9.17) is 13.9 Å². The van der Waals surface area contributed by atoms with Crippen molar-refractivity contribution in [1.29, 1.82) is 0 Å². The van der Waals surface area contributed by atoms with Crippen molar-refractivity contribution < 1.29 is 23.5 Å². The van der Waals surface area contributed by atoms with Crippen molar-refractivity contribution in [3.05, 3.63) is 25.3 Å². The van der Waals surface area contributed by atoms with Crippen LogP contribution in [0.25, 0.3) is 0 Å². The predicted octanol–water partition coefficient (Wildman–Crippen LogP) is 1.70. The first-order chi connectivity index (χ1) is 10.5. The topological polar surface area (TPSA) is 61.8 Å². The fourth-order valence-electron chi connectivity index (χ4n) is 2.18. The molecule has 0 aliphatic carbocycles. The van der Waals surface area contributed by atoms with Gasteiger partial charge in [-0.1, -0.05) is 20.1 Å². The van der Waals surface area contributed by atoms with Gasteiger partial charge in [-0.05, 0) is 37.5 Å². The molecule has 0 amide bonds. The van der Waals surface area contributed by atoms with Gasteiger partial charge in [-0.3, -0.25) is 0 Å². The Morgan fingerprint density at radius 1 is 0.955 bits per heavy atom. The summed E-state index contributed by atoms with van der Waals surface area (Å²) in [5.41, 5.74) is 0.0889. The molecule has 0 aromatic carbocycles. The Labute approximate surface area is 136 Å². The van der Waals surface area contributed by atoms with E-state index < -0.39 is 0 Å². The van der Waals surface area contributed by atoms with Gasteiger partial charge in [0.2, 0.25) is 0 Å². The predicted molar refractivity (Wildman–Crippen MR) is 89.4 cm³/mol. The lowest BCUT2D eigenvalue weighted by molar-refractivity contribution is -0.138. The van der Waals surface area contributed by atoms with E-state index >= 15 is 0 Å². The molecule has 0 unspecified atom stereocenters. The van der Waals surface area contributed by atoms with Crippen molar-refractivity contribution in [3.63, 3.8) is 0 Å². The number of ether oxygens (including phenoxy) is 2. The maximum atomic E-state index is 11.0. The third kappa shape index (κ3) is 10.3. The van der Waals surface area contributed by atoms with E-state index in [0.29, 0.717) is 13.2 Å². The van der Waals surface area contributed by atoms with Crippen molar-refractivity contribution in [3.8, 4) is 0 Å². The summed E-state index contributed by atoms with van der Waals surface area (Å²) < 4.78 is 15.3. The number of carbonyl (C=O) groups excluding carboxylic acids is 2. The van der Waals surface area contributed by atoms with Crippen molar-refractivity contribution in [1.82, 2.24) is 0 Å². The first kappa shape index (κ1) is 20.6. The molecule has 0 spiro atoms. The number of hydrogen-bond donors (Lipinski definition) is 0. The van der Waals surface area contributed by atoms with Gasteiger partial charge < -0.3 is 13.9 Å². The molecule has 0 bridgehead atoms. The largest absolute Gasteiger partial charge is 0.463 e. The smallest absolute Gasteiger partial charge is 0.330 e. The second-order valence-corrected chi connectivity index (χ2v) is 6.08. The Morgan fingerprint density at radius 3 is 1.77 bits per heavy atom. The van der Waals surface area contributed by atoms with Gasteiger partial charge in [-0.2, -0.15) is 0 Å². The number of hydrogen-bond acceptors (Lipinski definition) is 5. The molecule has 0 aromatic rings. The van der Waals surface area contributed by atoms with Crippen LogP contribution in [-0.2, 0) is 23.5 Å².